The van der Waals surface area contributed by atoms with Crippen LogP contribution in [0.2, 0.25) is 0 Å². The Kier molecular flexibility index (Phi) is 5.70. The third kappa shape index (κ3) is 4.04. The van der Waals surface area contributed by atoms with Crippen molar-refractivity contribution in [2.45, 2.75) is 39.8 Å². The number of unbranched alkanes of at least 4 members (excludes halogenated alkanes) is 1. The lowest BCUT2D eigenvalue weighted by Gasteiger charge is -2.17. The molecule has 0 saturated carbocycles. The summed E-state index contributed by atoms with van der Waals surface area (Å²) < 4.78 is 29.4. The lowest BCUT2D eigenvalue weighted by Crippen LogP contribution is -2.38. The molecule has 7 nitrogen and oxygen atoms in total. The molecule has 0 amide bonds. The van der Waals surface area contributed by atoms with Crippen LogP contribution in [-0.2, 0) is 23.3 Å². The Balaban J connectivity index is 2.56. The summed E-state index contributed by atoms with van der Waals surface area (Å²) >= 11 is 0. The molecule has 0 bridgehead atoms. The molecule has 0 aliphatic heterocycles. The Morgan fingerprint density at radius 1 is 1.44 bits per heavy atom. The second-order valence-corrected chi connectivity index (χ2v) is 5.90. The average molecular weight is 275 g/mol. The molecule has 18 heavy (non-hydrogen) atoms. The van der Waals surface area contributed by atoms with E-state index >= 15 is 0 Å². The molecule has 0 radical (unpaired) electrons. The number of nitrogens with zero attached hydrogens (tertiary/aromatic N) is 4. The number of nitrogens with one attached hydrogen (secondary N) is 1. The molecule has 1 heterocycles. The molecular weight excluding hydrogens is 254 g/mol. The van der Waals surface area contributed by atoms with E-state index < -0.39 is 10.2 Å². The zero-order valence-corrected chi connectivity index (χ0v) is 11.9. The van der Waals surface area contributed by atoms with Crippen molar-refractivity contribution in [1.29, 1.82) is 0 Å². The number of hydrogen-bond acceptors (Lipinski definition) is 4. The smallest absolute Gasteiger partial charge is 0.279 e. The lowest BCUT2D eigenvalue weighted by atomic mass is 10.3. The molecule has 0 unspecified atom stereocenters. The van der Waals surface area contributed by atoms with Gasteiger partial charge in [0.25, 0.3) is 10.2 Å². The van der Waals surface area contributed by atoms with Gasteiger partial charge < -0.3 is 4.57 Å². The normalized spacial score (nSPS) is 12.2. The summed E-state index contributed by atoms with van der Waals surface area (Å²) in [7, 11) is -1.86. The molecule has 0 aliphatic carbocycles. The van der Waals surface area contributed by atoms with Crippen LogP contribution in [0.3, 0.4) is 0 Å². The number of rotatable bonds is 8. The van der Waals surface area contributed by atoms with Crippen molar-refractivity contribution in [3.8, 4) is 0 Å². The predicted octanol–water partition coefficient (Wildman–Crippen LogP) is 0.364. The maximum atomic E-state index is 11.9. The van der Waals surface area contributed by atoms with Gasteiger partial charge in [0.15, 0.2) is 0 Å². The monoisotopic (exact) mass is 275 g/mol. The Morgan fingerprint density at radius 2 is 2.17 bits per heavy atom. The van der Waals surface area contributed by atoms with Crippen LogP contribution < -0.4 is 4.72 Å². The van der Waals surface area contributed by atoms with Crippen LogP contribution in [0.25, 0.3) is 0 Å². The number of aryl methyl sites for hydroxylation is 1. The topological polar surface area (TPSA) is 80.1 Å². The standard InChI is InChI=1S/C10H21N5O2S/c1-4-6-7-14(3)18(16,17)12-8-10-13-11-9-15(10)5-2/h9,12H,4-8H2,1-3H3. The van der Waals surface area contributed by atoms with Crippen LogP contribution in [0.4, 0.5) is 0 Å². The Labute approximate surface area is 108 Å². The third-order valence-corrected chi connectivity index (χ3v) is 4.20. The molecular formula is C10H21N5O2S. The van der Waals surface area contributed by atoms with E-state index in [2.05, 4.69) is 14.9 Å². The molecule has 0 spiro atoms. The fourth-order valence-electron chi connectivity index (χ4n) is 1.45. The van der Waals surface area contributed by atoms with Crippen molar-refractivity contribution in [2.75, 3.05) is 13.6 Å². The zero-order valence-electron chi connectivity index (χ0n) is 11.1. The van der Waals surface area contributed by atoms with Gasteiger partial charge in [-0.1, -0.05) is 13.3 Å². The predicted molar refractivity (Wildman–Crippen MR) is 69.0 cm³/mol. The van der Waals surface area contributed by atoms with E-state index in [9.17, 15) is 8.42 Å². The van der Waals surface area contributed by atoms with Crippen LogP contribution in [0.15, 0.2) is 6.33 Å². The minimum absolute atomic E-state index is 0.159. The quantitative estimate of drug-likeness (QED) is 0.743. The van der Waals surface area contributed by atoms with Crippen molar-refractivity contribution < 1.29 is 8.42 Å². The summed E-state index contributed by atoms with van der Waals surface area (Å²) in [6, 6.07) is 0. The van der Waals surface area contributed by atoms with Gasteiger partial charge in [-0.05, 0) is 13.3 Å². The van der Waals surface area contributed by atoms with Crippen molar-refractivity contribution in [2.24, 2.45) is 0 Å². The molecule has 0 atom stereocenters. The average Bonchev–Trinajstić information content (AvgIpc) is 2.80. The van der Waals surface area contributed by atoms with Crippen molar-refractivity contribution in [1.82, 2.24) is 23.8 Å². The molecule has 104 valence electrons. The highest BCUT2D eigenvalue weighted by Crippen LogP contribution is 2.00. The highest BCUT2D eigenvalue weighted by Gasteiger charge is 2.17. The fraction of sp³-hybridized carbons (Fsp3) is 0.800. The molecule has 1 rings (SSSR count). The number of aromatic nitrogens is 3. The van der Waals surface area contributed by atoms with Gasteiger partial charge >= 0.3 is 0 Å². The first-order valence-corrected chi connectivity index (χ1v) is 7.52. The molecule has 1 aromatic heterocycles. The fourth-order valence-corrected chi connectivity index (χ4v) is 2.35. The first-order chi connectivity index (χ1) is 8.51. The summed E-state index contributed by atoms with van der Waals surface area (Å²) in [6.07, 6.45) is 3.40. The van der Waals surface area contributed by atoms with Gasteiger partial charge in [-0.3, -0.25) is 0 Å². The SMILES string of the molecule is CCCCN(C)S(=O)(=O)NCc1nncn1CC. The Morgan fingerprint density at radius 3 is 2.78 bits per heavy atom. The molecule has 0 saturated heterocycles. The van der Waals surface area contributed by atoms with Gasteiger partial charge in [-0.15, -0.1) is 10.2 Å². The van der Waals surface area contributed by atoms with Crippen LogP contribution in [0, 0.1) is 0 Å². The van der Waals surface area contributed by atoms with E-state index in [0.29, 0.717) is 12.4 Å². The van der Waals surface area contributed by atoms with Crippen LogP contribution in [0.1, 0.15) is 32.5 Å². The second kappa shape index (κ2) is 6.81. The zero-order chi connectivity index (χ0) is 13.6. The molecule has 0 aliphatic rings. The van der Waals surface area contributed by atoms with Crippen LogP contribution >= 0.6 is 0 Å². The third-order valence-electron chi connectivity index (χ3n) is 2.69. The summed E-state index contributed by atoms with van der Waals surface area (Å²) in [6.45, 7) is 5.38. The first-order valence-electron chi connectivity index (χ1n) is 6.08. The van der Waals surface area contributed by atoms with E-state index in [-0.39, 0.29) is 6.54 Å². The summed E-state index contributed by atoms with van der Waals surface area (Å²) in [4.78, 5) is 0. The molecule has 1 N–H and O–H groups in total. The summed E-state index contributed by atoms with van der Waals surface area (Å²) in [5.74, 6) is 0.616. The summed E-state index contributed by atoms with van der Waals surface area (Å²) in [5.41, 5.74) is 0. The van der Waals surface area contributed by atoms with E-state index in [4.69, 9.17) is 0 Å². The van der Waals surface area contributed by atoms with E-state index in [1.54, 1.807) is 17.9 Å². The van der Waals surface area contributed by atoms with Crippen LogP contribution in [0.5, 0.6) is 0 Å². The number of hydrogen-bond donors (Lipinski definition) is 1. The Hall–Kier alpha value is -0.990. The largest absolute Gasteiger partial charge is 0.317 e. The highest BCUT2D eigenvalue weighted by molar-refractivity contribution is 7.87. The van der Waals surface area contributed by atoms with Gasteiger partial charge in [0, 0.05) is 20.1 Å². The van der Waals surface area contributed by atoms with Gasteiger partial charge in [0.1, 0.15) is 12.2 Å². The first kappa shape index (κ1) is 15.1. The van der Waals surface area contributed by atoms with Crippen molar-refractivity contribution in [3.05, 3.63) is 12.2 Å². The molecule has 0 aromatic carbocycles. The highest BCUT2D eigenvalue weighted by atomic mass is 32.2. The van der Waals surface area contributed by atoms with Gasteiger partial charge in [-0.25, -0.2) is 0 Å². The van der Waals surface area contributed by atoms with E-state index in [1.165, 1.54) is 4.31 Å². The second-order valence-electron chi connectivity index (χ2n) is 4.03. The van der Waals surface area contributed by atoms with Crippen LogP contribution in [-0.4, -0.2) is 41.1 Å². The minimum Gasteiger partial charge on any atom is -0.317 e. The van der Waals surface area contributed by atoms with Gasteiger partial charge in [0.2, 0.25) is 0 Å². The van der Waals surface area contributed by atoms with Crippen molar-refractivity contribution in [3.63, 3.8) is 0 Å². The van der Waals surface area contributed by atoms with Crippen molar-refractivity contribution >= 4 is 10.2 Å². The maximum Gasteiger partial charge on any atom is 0.279 e. The minimum atomic E-state index is -3.43. The molecule has 0 fully saturated rings. The molecule has 1 aromatic rings. The molecule has 8 heteroatoms. The summed E-state index contributed by atoms with van der Waals surface area (Å²) in [5, 5.41) is 7.63. The van der Waals surface area contributed by atoms with E-state index in [1.807, 2.05) is 13.8 Å². The van der Waals surface area contributed by atoms with Gasteiger partial charge in [0.05, 0.1) is 6.54 Å². The maximum absolute atomic E-state index is 11.9. The Bertz CT molecular complexity index is 457. The van der Waals surface area contributed by atoms with E-state index in [0.717, 1.165) is 19.4 Å². The van der Waals surface area contributed by atoms with Gasteiger partial charge in [-0.2, -0.15) is 17.4 Å². The lowest BCUT2D eigenvalue weighted by molar-refractivity contribution is 0.447.